The largest absolute Gasteiger partial charge is 0.452 e. The molecule has 1 N–H and O–H groups in total. The van der Waals surface area contributed by atoms with Crippen molar-refractivity contribution >= 4 is 45.1 Å². The number of rotatable bonds is 4. The van der Waals surface area contributed by atoms with E-state index in [4.69, 9.17) is 16.3 Å². The molecule has 0 bridgehead atoms. The van der Waals surface area contributed by atoms with Crippen molar-refractivity contribution in [2.75, 3.05) is 11.9 Å². The number of nitrogens with one attached hydrogen (secondary N) is 1. The number of benzene rings is 1. The maximum absolute atomic E-state index is 11.8. The fraction of sp³-hybridized carbons (Fsp3) is 0.0714. The summed E-state index contributed by atoms with van der Waals surface area (Å²) in [5.41, 5.74) is 0.714. The van der Waals surface area contributed by atoms with Crippen LogP contribution >= 0.6 is 27.5 Å². The molecule has 1 amide bonds. The minimum Gasteiger partial charge on any atom is -0.452 e. The minimum atomic E-state index is -0.699. The van der Waals surface area contributed by atoms with Crippen LogP contribution in [0, 0.1) is 0 Å². The number of esters is 1. The van der Waals surface area contributed by atoms with Crippen LogP contribution in [0.25, 0.3) is 0 Å². The molecule has 0 unspecified atom stereocenters. The zero-order valence-electron chi connectivity index (χ0n) is 10.7. The van der Waals surface area contributed by atoms with Gasteiger partial charge in [-0.3, -0.25) is 4.79 Å². The van der Waals surface area contributed by atoms with Gasteiger partial charge in [0.05, 0.1) is 11.3 Å². The van der Waals surface area contributed by atoms with E-state index < -0.39 is 18.5 Å². The monoisotopic (exact) mass is 368 g/mol. The first kappa shape index (κ1) is 15.5. The van der Waals surface area contributed by atoms with Gasteiger partial charge < -0.3 is 10.1 Å². The molecule has 0 aliphatic rings. The molecule has 0 radical (unpaired) electrons. The molecule has 2 rings (SSSR count). The first-order valence-corrected chi connectivity index (χ1v) is 7.07. The summed E-state index contributed by atoms with van der Waals surface area (Å²) in [6.07, 6.45) is 1.46. The van der Waals surface area contributed by atoms with Crippen molar-refractivity contribution in [3.63, 3.8) is 0 Å². The highest BCUT2D eigenvalue weighted by Gasteiger charge is 2.14. The zero-order chi connectivity index (χ0) is 15.2. The molecule has 0 aliphatic carbocycles. The lowest BCUT2D eigenvalue weighted by atomic mass is 10.3. The Morgan fingerprint density at radius 3 is 2.71 bits per heavy atom. The second kappa shape index (κ2) is 7.19. The number of aromatic nitrogens is 1. The summed E-state index contributed by atoms with van der Waals surface area (Å²) < 4.78 is 5.63. The maximum Gasteiger partial charge on any atom is 0.341 e. The summed E-state index contributed by atoms with van der Waals surface area (Å²) >= 11 is 9.07. The van der Waals surface area contributed by atoms with Crippen LogP contribution in [0.5, 0.6) is 0 Å². The fourth-order valence-electron chi connectivity index (χ4n) is 1.50. The second-order valence-corrected chi connectivity index (χ2v) is 5.16. The van der Waals surface area contributed by atoms with E-state index in [1.807, 2.05) is 6.07 Å². The summed E-state index contributed by atoms with van der Waals surface area (Å²) in [6.45, 7) is -0.411. The summed E-state index contributed by atoms with van der Waals surface area (Å²) in [5.74, 6) is -1.15. The highest BCUT2D eigenvalue weighted by molar-refractivity contribution is 9.10. The normalized spacial score (nSPS) is 10.0. The molecular formula is C14H10BrClN2O3. The number of carbonyl (C=O) groups excluding carboxylic acids is 2. The molecule has 108 valence electrons. The van der Waals surface area contributed by atoms with Crippen LogP contribution in [-0.4, -0.2) is 23.5 Å². The summed E-state index contributed by atoms with van der Waals surface area (Å²) in [4.78, 5) is 27.2. The van der Waals surface area contributed by atoms with Crippen LogP contribution in [0.3, 0.4) is 0 Å². The number of amides is 1. The second-order valence-electron chi connectivity index (χ2n) is 3.95. The Balaban J connectivity index is 1.91. The van der Waals surface area contributed by atoms with E-state index in [1.165, 1.54) is 12.3 Å². The average molecular weight is 370 g/mol. The number of hydrogen-bond acceptors (Lipinski definition) is 4. The lowest BCUT2D eigenvalue weighted by Crippen LogP contribution is -2.21. The van der Waals surface area contributed by atoms with Crippen molar-refractivity contribution in [2.45, 2.75) is 0 Å². The van der Waals surface area contributed by atoms with Gasteiger partial charge in [-0.25, -0.2) is 9.78 Å². The first-order valence-electron chi connectivity index (χ1n) is 5.90. The van der Waals surface area contributed by atoms with E-state index in [-0.39, 0.29) is 10.7 Å². The lowest BCUT2D eigenvalue weighted by molar-refractivity contribution is -0.119. The molecule has 5 nitrogen and oxygen atoms in total. The Morgan fingerprint density at radius 1 is 1.24 bits per heavy atom. The molecule has 1 aromatic carbocycles. The Morgan fingerprint density at radius 2 is 2.00 bits per heavy atom. The highest BCUT2D eigenvalue weighted by atomic mass is 79.9. The van der Waals surface area contributed by atoms with Gasteiger partial charge in [-0.15, -0.1) is 0 Å². The van der Waals surface area contributed by atoms with Crippen LogP contribution in [-0.2, 0) is 9.53 Å². The van der Waals surface area contributed by atoms with E-state index in [1.54, 1.807) is 24.3 Å². The molecule has 0 spiro atoms. The van der Waals surface area contributed by atoms with E-state index in [2.05, 4.69) is 26.2 Å². The van der Waals surface area contributed by atoms with Crippen molar-refractivity contribution in [3.05, 3.63) is 57.8 Å². The van der Waals surface area contributed by atoms with E-state index in [0.29, 0.717) is 5.69 Å². The summed E-state index contributed by atoms with van der Waals surface area (Å²) in [6, 6.07) is 10.2. The smallest absolute Gasteiger partial charge is 0.341 e. The van der Waals surface area contributed by atoms with Crippen molar-refractivity contribution in [1.29, 1.82) is 0 Å². The van der Waals surface area contributed by atoms with Crippen molar-refractivity contribution in [3.8, 4) is 0 Å². The Hall–Kier alpha value is -1.92. The minimum absolute atomic E-state index is 0.0358. The van der Waals surface area contributed by atoms with E-state index in [0.717, 1.165) is 4.47 Å². The molecule has 2 aromatic rings. The first-order chi connectivity index (χ1) is 10.1. The SMILES string of the molecule is O=C(COC(=O)c1cccnc1Cl)Nc1ccccc1Br. The molecule has 0 saturated heterocycles. The Labute approximate surface area is 134 Å². The number of halogens is 2. The standard InChI is InChI=1S/C14H10BrClN2O3/c15-10-5-1-2-6-11(10)18-12(19)8-21-14(20)9-4-3-7-17-13(9)16/h1-7H,8H2,(H,18,19). The van der Waals surface area contributed by atoms with Crippen LogP contribution in [0.1, 0.15) is 10.4 Å². The van der Waals surface area contributed by atoms with E-state index in [9.17, 15) is 9.59 Å². The van der Waals surface area contributed by atoms with Crippen LogP contribution in [0.4, 0.5) is 5.69 Å². The van der Waals surface area contributed by atoms with Crippen LogP contribution < -0.4 is 5.32 Å². The predicted octanol–water partition coefficient (Wildman–Crippen LogP) is 3.29. The third-order valence-electron chi connectivity index (χ3n) is 2.46. The van der Waals surface area contributed by atoms with Gasteiger partial charge in [0.2, 0.25) is 0 Å². The highest BCUT2D eigenvalue weighted by Crippen LogP contribution is 2.21. The third-order valence-corrected chi connectivity index (χ3v) is 3.45. The number of anilines is 1. The van der Waals surface area contributed by atoms with Gasteiger partial charge in [-0.05, 0) is 40.2 Å². The van der Waals surface area contributed by atoms with Crippen molar-refractivity contribution < 1.29 is 14.3 Å². The van der Waals surface area contributed by atoms with Gasteiger partial charge in [0.15, 0.2) is 6.61 Å². The number of para-hydroxylation sites is 1. The Bertz CT molecular complexity index is 679. The van der Waals surface area contributed by atoms with Gasteiger partial charge in [0.25, 0.3) is 5.91 Å². The van der Waals surface area contributed by atoms with Gasteiger partial charge in [0, 0.05) is 10.7 Å². The van der Waals surface area contributed by atoms with Crippen molar-refractivity contribution in [2.24, 2.45) is 0 Å². The average Bonchev–Trinajstić information content (AvgIpc) is 2.48. The molecule has 0 saturated carbocycles. The van der Waals surface area contributed by atoms with Gasteiger partial charge in [-0.2, -0.15) is 0 Å². The van der Waals surface area contributed by atoms with Gasteiger partial charge >= 0.3 is 5.97 Å². The van der Waals surface area contributed by atoms with Crippen molar-refractivity contribution in [1.82, 2.24) is 4.98 Å². The number of pyridine rings is 1. The molecule has 0 fully saturated rings. The van der Waals surface area contributed by atoms with Crippen LogP contribution in [0.2, 0.25) is 5.15 Å². The molecule has 0 atom stereocenters. The number of nitrogens with zero attached hydrogens (tertiary/aromatic N) is 1. The maximum atomic E-state index is 11.8. The van der Waals surface area contributed by atoms with Gasteiger partial charge in [0.1, 0.15) is 5.15 Å². The third kappa shape index (κ3) is 4.27. The van der Waals surface area contributed by atoms with E-state index >= 15 is 0 Å². The quantitative estimate of drug-likeness (QED) is 0.663. The zero-order valence-corrected chi connectivity index (χ0v) is 13.0. The Kier molecular flexibility index (Phi) is 5.30. The summed E-state index contributed by atoms with van der Waals surface area (Å²) in [7, 11) is 0. The summed E-state index contributed by atoms with van der Waals surface area (Å²) in [5, 5.41) is 2.66. The molecule has 1 heterocycles. The van der Waals surface area contributed by atoms with Crippen LogP contribution in [0.15, 0.2) is 47.1 Å². The molecule has 21 heavy (non-hydrogen) atoms. The molecule has 7 heteroatoms. The number of carbonyl (C=O) groups is 2. The molecule has 0 aliphatic heterocycles. The number of ether oxygens (including phenoxy) is 1. The lowest BCUT2D eigenvalue weighted by Gasteiger charge is -2.08. The van der Waals surface area contributed by atoms with Gasteiger partial charge in [-0.1, -0.05) is 23.7 Å². The predicted molar refractivity (Wildman–Crippen MR) is 82.3 cm³/mol. The topological polar surface area (TPSA) is 68.3 Å². The number of hydrogen-bond donors (Lipinski definition) is 1. The fourth-order valence-corrected chi connectivity index (χ4v) is 2.08. The molecular weight excluding hydrogens is 360 g/mol. The molecule has 1 aromatic heterocycles.